The molecule has 0 saturated heterocycles. The molecule has 6 heteroatoms. The van der Waals surface area contributed by atoms with E-state index in [4.69, 9.17) is 0 Å². The minimum absolute atomic E-state index is 0.0628. The van der Waals surface area contributed by atoms with Gasteiger partial charge in [0.1, 0.15) is 5.82 Å². The lowest BCUT2D eigenvalue weighted by atomic mass is 10.2. The summed E-state index contributed by atoms with van der Waals surface area (Å²) in [6, 6.07) is 1.20. The Kier molecular flexibility index (Phi) is 2.03. The summed E-state index contributed by atoms with van der Waals surface area (Å²) < 4.78 is 1.51. The highest BCUT2D eigenvalue weighted by atomic mass is 16.3. The fourth-order valence-electron chi connectivity index (χ4n) is 2.56. The number of nitrogens with one attached hydrogen (secondary N) is 1. The van der Waals surface area contributed by atoms with Crippen LogP contribution in [0, 0.1) is 6.92 Å². The molecule has 17 heavy (non-hydrogen) atoms. The topological polar surface area (TPSA) is 74.6 Å². The molecular weight excluding hydrogens is 222 g/mol. The third kappa shape index (κ3) is 1.24. The molecule has 1 aromatic heterocycles. The van der Waals surface area contributed by atoms with Gasteiger partial charge in [-0.3, -0.25) is 19.1 Å². The summed E-state index contributed by atoms with van der Waals surface area (Å²) in [5.74, 6) is 0.539. The summed E-state index contributed by atoms with van der Waals surface area (Å²) in [6.07, 6.45) is 0. The molecule has 0 aliphatic carbocycles. The van der Waals surface area contributed by atoms with E-state index in [0.717, 1.165) is 11.3 Å². The lowest BCUT2D eigenvalue weighted by Crippen LogP contribution is -2.39. The molecule has 2 N–H and O–H groups in total. The second-order valence-corrected chi connectivity index (χ2v) is 4.43. The molecule has 6 nitrogen and oxygen atoms in total. The Balaban J connectivity index is 2.32. The highest BCUT2D eigenvalue weighted by molar-refractivity contribution is 6.03. The molecule has 3 rings (SSSR count). The number of amides is 1. The predicted octanol–water partition coefficient (Wildman–Crippen LogP) is -0.538. The standard InChI is InChI=1S/C11H13N3O3/c1-6-2-8(16)14-7(5-15)4-13-9(17)3-12-10(6)11(13)14/h2,7,12,15H,3-5H2,1H3/t7-/m0/s1. The van der Waals surface area contributed by atoms with Crippen molar-refractivity contribution in [3.8, 4) is 0 Å². The van der Waals surface area contributed by atoms with Crippen molar-refractivity contribution >= 4 is 17.4 Å². The number of anilines is 2. The average molecular weight is 235 g/mol. The maximum absolute atomic E-state index is 11.9. The summed E-state index contributed by atoms with van der Waals surface area (Å²) >= 11 is 0. The fraction of sp³-hybridized carbons (Fsp3) is 0.455. The van der Waals surface area contributed by atoms with Gasteiger partial charge in [0.15, 0.2) is 0 Å². The van der Waals surface area contributed by atoms with E-state index < -0.39 is 0 Å². The maximum atomic E-state index is 11.9. The normalized spacial score (nSPS) is 21.4. The quantitative estimate of drug-likeness (QED) is 0.685. The fourth-order valence-corrected chi connectivity index (χ4v) is 2.56. The number of hydrogen-bond acceptors (Lipinski definition) is 4. The van der Waals surface area contributed by atoms with Crippen LogP contribution < -0.4 is 15.8 Å². The van der Waals surface area contributed by atoms with Gasteiger partial charge in [-0.15, -0.1) is 0 Å². The second-order valence-electron chi connectivity index (χ2n) is 4.43. The first-order valence-corrected chi connectivity index (χ1v) is 5.54. The molecule has 0 fully saturated rings. The number of aromatic nitrogens is 1. The Hall–Kier alpha value is -1.82. The zero-order valence-electron chi connectivity index (χ0n) is 9.43. The van der Waals surface area contributed by atoms with Crippen LogP contribution in [0.2, 0.25) is 0 Å². The SMILES string of the molecule is Cc1cc(=O)n2c3c1NCC(=O)N3C[C@H]2CO. The summed E-state index contributed by atoms with van der Waals surface area (Å²) in [6.45, 7) is 2.32. The van der Waals surface area contributed by atoms with Crippen LogP contribution in [-0.4, -0.2) is 35.3 Å². The van der Waals surface area contributed by atoms with Crippen LogP contribution in [0.1, 0.15) is 11.6 Å². The number of rotatable bonds is 1. The van der Waals surface area contributed by atoms with E-state index in [-0.39, 0.29) is 30.7 Å². The van der Waals surface area contributed by atoms with Crippen LogP contribution in [0.3, 0.4) is 0 Å². The van der Waals surface area contributed by atoms with Crippen molar-refractivity contribution in [2.75, 3.05) is 29.9 Å². The number of pyridine rings is 1. The maximum Gasteiger partial charge on any atom is 0.252 e. The summed E-state index contributed by atoms with van der Waals surface area (Å²) in [7, 11) is 0. The van der Waals surface area contributed by atoms with Gasteiger partial charge in [0, 0.05) is 6.07 Å². The summed E-state index contributed by atoms with van der Waals surface area (Å²) in [5, 5.41) is 12.3. The average Bonchev–Trinajstić information content (AvgIpc) is 2.68. The number of nitrogens with zero attached hydrogens (tertiary/aromatic N) is 2. The Morgan fingerprint density at radius 3 is 3.00 bits per heavy atom. The van der Waals surface area contributed by atoms with E-state index in [1.165, 1.54) is 10.6 Å². The first-order chi connectivity index (χ1) is 8.13. The van der Waals surface area contributed by atoms with Crippen molar-refractivity contribution in [1.29, 1.82) is 0 Å². The Labute approximate surface area is 97.5 Å². The molecule has 2 aliphatic heterocycles. The van der Waals surface area contributed by atoms with Gasteiger partial charge in [-0.05, 0) is 12.5 Å². The Morgan fingerprint density at radius 1 is 1.53 bits per heavy atom. The first-order valence-electron chi connectivity index (χ1n) is 5.54. The van der Waals surface area contributed by atoms with Crippen LogP contribution in [0.4, 0.5) is 11.5 Å². The molecule has 1 amide bonds. The number of aliphatic hydroxyl groups is 1. The van der Waals surface area contributed by atoms with E-state index in [1.54, 1.807) is 4.90 Å². The molecule has 0 unspecified atom stereocenters. The van der Waals surface area contributed by atoms with Gasteiger partial charge in [-0.2, -0.15) is 0 Å². The minimum Gasteiger partial charge on any atom is -0.394 e. The molecular formula is C11H13N3O3. The van der Waals surface area contributed by atoms with E-state index >= 15 is 0 Å². The highest BCUT2D eigenvalue weighted by Gasteiger charge is 2.37. The number of hydrogen-bond donors (Lipinski definition) is 2. The van der Waals surface area contributed by atoms with Crippen LogP contribution in [-0.2, 0) is 4.79 Å². The van der Waals surface area contributed by atoms with Gasteiger partial charge in [-0.25, -0.2) is 0 Å². The Bertz CT molecular complexity index is 564. The number of carbonyl (C=O) groups excluding carboxylic acids is 1. The highest BCUT2D eigenvalue weighted by Crippen LogP contribution is 2.37. The largest absolute Gasteiger partial charge is 0.394 e. The lowest BCUT2D eigenvalue weighted by molar-refractivity contribution is -0.117. The van der Waals surface area contributed by atoms with Crippen LogP contribution in [0.15, 0.2) is 10.9 Å². The van der Waals surface area contributed by atoms with Gasteiger partial charge >= 0.3 is 0 Å². The van der Waals surface area contributed by atoms with E-state index in [2.05, 4.69) is 5.32 Å². The zero-order chi connectivity index (χ0) is 12.2. The zero-order valence-corrected chi connectivity index (χ0v) is 9.43. The molecule has 2 aliphatic rings. The minimum atomic E-state index is -0.333. The molecule has 1 aromatic rings. The number of aliphatic hydroxyl groups excluding tert-OH is 1. The summed E-state index contributed by atoms with van der Waals surface area (Å²) in [5.41, 5.74) is 1.48. The molecule has 0 aromatic carbocycles. The van der Waals surface area contributed by atoms with Crippen molar-refractivity contribution in [1.82, 2.24) is 4.57 Å². The predicted molar refractivity (Wildman–Crippen MR) is 62.4 cm³/mol. The van der Waals surface area contributed by atoms with Crippen molar-refractivity contribution < 1.29 is 9.90 Å². The van der Waals surface area contributed by atoms with Gasteiger partial charge in [-0.1, -0.05) is 0 Å². The smallest absolute Gasteiger partial charge is 0.252 e. The molecule has 0 bridgehead atoms. The number of aryl methyl sites for hydroxylation is 1. The van der Waals surface area contributed by atoms with E-state index in [9.17, 15) is 14.7 Å². The number of carbonyl (C=O) groups is 1. The molecule has 3 heterocycles. The van der Waals surface area contributed by atoms with Crippen molar-refractivity contribution in [3.63, 3.8) is 0 Å². The van der Waals surface area contributed by atoms with Crippen LogP contribution in [0.5, 0.6) is 0 Å². The summed E-state index contributed by atoms with van der Waals surface area (Å²) in [4.78, 5) is 25.3. The third-order valence-electron chi connectivity index (χ3n) is 3.37. The van der Waals surface area contributed by atoms with Crippen LogP contribution in [0.25, 0.3) is 0 Å². The van der Waals surface area contributed by atoms with Crippen LogP contribution >= 0.6 is 0 Å². The molecule has 0 spiro atoms. The van der Waals surface area contributed by atoms with E-state index in [1.807, 2.05) is 6.92 Å². The monoisotopic (exact) mass is 235 g/mol. The molecule has 90 valence electrons. The van der Waals surface area contributed by atoms with Gasteiger partial charge in [0.05, 0.1) is 31.4 Å². The molecule has 0 saturated carbocycles. The van der Waals surface area contributed by atoms with Gasteiger partial charge in [0.2, 0.25) is 5.91 Å². The molecule has 1 atom stereocenters. The van der Waals surface area contributed by atoms with E-state index in [0.29, 0.717) is 12.4 Å². The third-order valence-corrected chi connectivity index (χ3v) is 3.37. The van der Waals surface area contributed by atoms with Gasteiger partial charge < -0.3 is 10.4 Å². The Morgan fingerprint density at radius 2 is 2.29 bits per heavy atom. The van der Waals surface area contributed by atoms with Crippen molar-refractivity contribution in [3.05, 3.63) is 22.0 Å². The van der Waals surface area contributed by atoms with Gasteiger partial charge in [0.25, 0.3) is 5.56 Å². The lowest BCUT2D eigenvalue weighted by Gasteiger charge is -2.26. The second kappa shape index (κ2) is 3.33. The first kappa shape index (κ1) is 10.3. The van der Waals surface area contributed by atoms with Crippen molar-refractivity contribution in [2.24, 2.45) is 0 Å². The molecule has 0 radical (unpaired) electrons. The van der Waals surface area contributed by atoms with Crippen molar-refractivity contribution in [2.45, 2.75) is 13.0 Å².